The third-order valence-electron chi connectivity index (χ3n) is 7.17. The molecule has 0 spiro atoms. The number of para-hydroxylation sites is 3. The van der Waals surface area contributed by atoms with Gasteiger partial charge in [-0.25, -0.2) is 4.79 Å². The lowest BCUT2D eigenvalue weighted by Gasteiger charge is -2.31. The van der Waals surface area contributed by atoms with Crippen molar-refractivity contribution in [1.29, 1.82) is 0 Å². The van der Waals surface area contributed by atoms with Crippen molar-refractivity contribution >= 4 is 22.3 Å². The fourth-order valence-corrected chi connectivity index (χ4v) is 5.44. The molecule has 1 aliphatic heterocycles. The van der Waals surface area contributed by atoms with E-state index in [1.165, 1.54) is 17.7 Å². The summed E-state index contributed by atoms with van der Waals surface area (Å²) in [5.41, 5.74) is 4.53. The molecule has 1 aliphatic rings. The zero-order valence-corrected chi connectivity index (χ0v) is 20.4. The molecule has 5 aromatic rings. The number of anilines is 1. The van der Waals surface area contributed by atoms with Crippen molar-refractivity contribution in [3.8, 4) is 16.9 Å². The minimum absolute atomic E-state index is 0.0495. The van der Waals surface area contributed by atoms with Crippen LogP contribution >= 0.6 is 0 Å². The zero-order valence-electron chi connectivity index (χ0n) is 20.4. The molecular formula is C28H23N5O4. The Bertz CT molecular complexity index is 1880. The van der Waals surface area contributed by atoms with E-state index >= 15 is 0 Å². The lowest BCUT2D eigenvalue weighted by molar-refractivity contribution is -0.385. The normalized spacial score (nSPS) is 14.2. The highest BCUT2D eigenvalue weighted by molar-refractivity contribution is 6.00. The van der Waals surface area contributed by atoms with Crippen LogP contribution in [0.15, 0.2) is 82.4 Å². The number of nitrogens with zero attached hydrogens (tertiary/aromatic N) is 4. The van der Waals surface area contributed by atoms with Gasteiger partial charge in [-0.05, 0) is 30.7 Å². The molecule has 0 unspecified atom stereocenters. The number of aryl methyl sites for hydroxylation is 2. The lowest BCUT2D eigenvalue weighted by Crippen LogP contribution is -2.37. The number of rotatable bonds is 3. The van der Waals surface area contributed by atoms with E-state index in [0.29, 0.717) is 27.9 Å². The molecular weight excluding hydrogens is 470 g/mol. The van der Waals surface area contributed by atoms with Crippen LogP contribution in [-0.2, 0) is 14.1 Å². The fourth-order valence-electron chi connectivity index (χ4n) is 5.44. The summed E-state index contributed by atoms with van der Waals surface area (Å²) >= 11 is 0. The number of hydrogen-bond acceptors (Lipinski definition) is 5. The number of nitro benzene ring substituents is 1. The standard InChI is InChI=1S/C28H23N5O4/c1-16-10-4-5-11-17(16)24-22-25(30(2)28(35)31(3)27(22)34)26-23(18-12-6-8-14-20(18)33(36)37)29-19-13-7-9-15-21(19)32(24)26/h4-15,23,29H,1-3H3/t23-/m1/s1. The molecule has 184 valence electrons. The van der Waals surface area contributed by atoms with E-state index in [1.54, 1.807) is 25.2 Å². The van der Waals surface area contributed by atoms with Gasteiger partial charge in [0.1, 0.15) is 6.04 Å². The van der Waals surface area contributed by atoms with Gasteiger partial charge in [-0.1, -0.05) is 48.5 Å². The second-order valence-electron chi connectivity index (χ2n) is 9.22. The van der Waals surface area contributed by atoms with Crippen LogP contribution < -0.4 is 16.6 Å². The molecule has 0 radical (unpaired) electrons. The van der Waals surface area contributed by atoms with E-state index in [4.69, 9.17) is 0 Å². The molecule has 9 nitrogen and oxygen atoms in total. The van der Waals surface area contributed by atoms with Crippen LogP contribution in [0, 0.1) is 17.0 Å². The summed E-state index contributed by atoms with van der Waals surface area (Å²) in [7, 11) is 3.09. The van der Waals surface area contributed by atoms with E-state index in [9.17, 15) is 19.7 Å². The SMILES string of the molecule is Cc1ccccc1-c1c2c(=O)n(C)c(=O)n(C)c2c2n1-c1ccccc1N[C@@H]2c1ccccc1[N+](=O)[O-]. The van der Waals surface area contributed by atoms with E-state index in [0.717, 1.165) is 27.1 Å². The maximum atomic E-state index is 13.8. The quantitative estimate of drug-likeness (QED) is 0.296. The van der Waals surface area contributed by atoms with Gasteiger partial charge >= 0.3 is 5.69 Å². The van der Waals surface area contributed by atoms with Crippen molar-refractivity contribution in [2.24, 2.45) is 14.1 Å². The highest BCUT2D eigenvalue weighted by Gasteiger charge is 2.37. The van der Waals surface area contributed by atoms with Gasteiger partial charge in [-0.15, -0.1) is 0 Å². The molecule has 37 heavy (non-hydrogen) atoms. The number of aromatic nitrogens is 3. The first-order chi connectivity index (χ1) is 17.8. The molecule has 6 rings (SSSR count). The monoisotopic (exact) mass is 493 g/mol. The Labute approximate surface area is 211 Å². The molecule has 0 saturated heterocycles. The van der Waals surface area contributed by atoms with Gasteiger partial charge < -0.3 is 9.88 Å². The molecule has 0 amide bonds. The summed E-state index contributed by atoms with van der Waals surface area (Å²) in [5.74, 6) is 0. The Morgan fingerprint density at radius 2 is 1.57 bits per heavy atom. The maximum Gasteiger partial charge on any atom is 0.331 e. The van der Waals surface area contributed by atoms with E-state index in [1.807, 2.05) is 60.0 Å². The first-order valence-electron chi connectivity index (χ1n) is 11.8. The molecule has 2 aromatic heterocycles. The third-order valence-corrected chi connectivity index (χ3v) is 7.17. The van der Waals surface area contributed by atoms with Gasteiger partial charge in [0.15, 0.2) is 0 Å². The van der Waals surface area contributed by atoms with Crippen LogP contribution in [0.2, 0.25) is 0 Å². The minimum atomic E-state index is -0.700. The molecule has 3 heterocycles. The Hall–Kier alpha value is -4.92. The summed E-state index contributed by atoms with van der Waals surface area (Å²) < 4.78 is 4.55. The fraction of sp³-hybridized carbons (Fsp3) is 0.143. The molecule has 9 heteroatoms. The van der Waals surface area contributed by atoms with Crippen molar-refractivity contribution in [3.05, 3.63) is 121 Å². The Morgan fingerprint density at radius 3 is 2.32 bits per heavy atom. The van der Waals surface area contributed by atoms with E-state index in [2.05, 4.69) is 5.32 Å². The van der Waals surface area contributed by atoms with Gasteiger partial charge in [-0.3, -0.25) is 24.0 Å². The summed E-state index contributed by atoms with van der Waals surface area (Å²) in [4.78, 5) is 38.5. The molecule has 3 aromatic carbocycles. The minimum Gasteiger partial charge on any atom is -0.371 e. The van der Waals surface area contributed by atoms with Crippen molar-refractivity contribution in [2.75, 3.05) is 5.32 Å². The number of benzene rings is 3. The second-order valence-corrected chi connectivity index (χ2v) is 9.22. The molecule has 1 N–H and O–H groups in total. The van der Waals surface area contributed by atoms with Crippen LogP contribution in [0.5, 0.6) is 0 Å². The van der Waals surface area contributed by atoms with Crippen molar-refractivity contribution in [2.45, 2.75) is 13.0 Å². The van der Waals surface area contributed by atoms with Gasteiger partial charge in [0.2, 0.25) is 0 Å². The maximum absolute atomic E-state index is 13.8. The van der Waals surface area contributed by atoms with E-state index in [-0.39, 0.29) is 5.69 Å². The predicted molar refractivity (Wildman–Crippen MR) is 142 cm³/mol. The van der Waals surface area contributed by atoms with Gasteiger partial charge in [0, 0.05) is 25.7 Å². The molecule has 0 aliphatic carbocycles. The number of nitrogens with one attached hydrogen (secondary N) is 1. The van der Waals surface area contributed by atoms with Gasteiger partial charge in [0.25, 0.3) is 11.2 Å². The van der Waals surface area contributed by atoms with Crippen LogP contribution in [0.1, 0.15) is 22.9 Å². The highest BCUT2D eigenvalue weighted by atomic mass is 16.6. The van der Waals surface area contributed by atoms with Crippen LogP contribution in [0.4, 0.5) is 11.4 Å². The summed E-state index contributed by atoms with van der Waals surface area (Å²) in [5, 5.41) is 15.9. The largest absolute Gasteiger partial charge is 0.371 e. The Kier molecular flexibility index (Phi) is 4.91. The lowest BCUT2D eigenvalue weighted by atomic mass is 9.98. The van der Waals surface area contributed by atoms with Gasteiger partial charge in [0.05, 0.1) is 44.2 Å². The Morgan fingerprint density at radius 1 is 0.892 bits per heavy atom. The first-order valence-corrected chi connectivity index (χ1v) is 11.8. The summed E-state index contributed by atoms with van der Waals surface area (Å²) in [6.45, 7) is 1.97. The molecule has 0 fully saturated rings. The number of nitro groups is 1. The first kappa shape index (κ1) is 22.5. The van der Waals surface area contributed by atoms with E-state index < -0.39 is 22.2 Å². The van der Waals surface area contributed by atoms with Crippen molar-refractivity contribution in [3.63, 3.8) is 0 Å². The van der Waals surface area contributed by atoms with Gasteiger partial charge in [-0.2, -0.15) is 0 Å². The van der Waals surface area contributed by atoms with Crippen LogP contribution in [-0.4, -0.2) is 18.6 Å². The average molecular weight is 494 g/mol. The number of hydrogen-bond donors (Lipinski definition) is 1. The zero-order chi connectivity index (χ0) is 26.0. The number of fused-ring (bicyclic) bond motifs is 5. The predicted octanol–water partition coefficient (Wildman–Crippen LogP) is 4.43. The summed E-state index contributed by atoms with van der Waals surface area (Å²) in [6, 6.07) is 21.2. The van der Waals surface area contributed by atoms with Crippen molar-refractivity contribution in [1.82, 2.24) is 13.7 Å². The highest BCUT2D eigenvalue weighted by Crippen LogP contribution is 2.47. The van der Waals surface area contributed by atoms with Crippen molar-refractivity contribution < 1.29 is 4.92 Å². The average Bonchev–Trinajstić information content (AvgIpc) is 3.27. The van der Waals surface area contributed by atoms with Crippen LogP contribution in [0.3, 0.4) is 0 Å². The Balaban J connectivity index is 1.89. The molecule has 0 saturated carbocycles. The molecule has 1 atom stereocenters. The second kappa shape index (κ2) is 8.06. The third kappa shape index (κ3) is 3.10. The molecule has 0 bridgehead atoms. The smallest absolute Gasteiger partial charge is 0.331 e. The topological polar surface area (TPSA) is 104 Å². The van der Waals surface area contributed by atoms with Crippen LogP contribution in [0.25, 0.3) is 27.8 Å². The summed E-state index contributed by atoms with van der Waals surface area (Å²) in [6.07, 6.45) is 0.